The van der Waals surface area contributed by atoms with Crippen molar-refractivity contribution in [3.63, 3.8) is 0 Å². The zero-order valence-corrected chi connectivity index (χ0v) is 13.6. The number of carbonyl (C=O) groups excluding carboxylic acids is 1. The second-order valence-corrected chi connectivity index (χ2v) is 7.20. The molecule has 0 bridgehead atoms. The molecule has 0 saturated carbocycles. The third-order valence-electron chi connectivity index (χ3n) is 3.31. The van der Waals surface area contributed by atoms with Crippen molar-refractivity contribution in [2.45, 2.75) is 38.1 Å². The van der Waals surface area contributed by atoms with Crippen LogP contribution in [0.5, 0.6) is 0 Å². The molecule has 4 N–H and O–H groups in total. The summed E-state index contributed by atoms with van der Waals surface area (Å²) in [5.74, 6) is -0.0261. The van der Waals surface area contributed by atoms with Crippen molar-refractivity contribution in [3.8, 4) is 0 Å². The Morgan fingerprint density at radius 3 is 2.48 bits per heavy atom. The molecular formula is C14H23N3O3S. The van der Waals surface area contributed by atoms with Crippen molar-refractivity contribution in [1.29, 1.82) is 0 Å². The molecule has 118 valence electrons. The Balaban J connectivity index is 2.92. The fourth-order valence-corrected chi connectivity index (χ4v) is 2.73. The summed E-state index contributed by atoms with van der Waals surface area (Å²) in [5.41, 5.74) is 6.90. The van der Waals surface area contributed by atoms with Crippen LogP contribution in [0.4, 0.5) is 5.69 Å². The molecule has 6 nitrogen and oxygen atoms in total. The zero-order chi connectivity index (χ0) is 16.2. The largest absolute Gasteiger partial charge is 0.327 e. The van der Waals surface area contributed by atoms with Gasteiger partial charge in [-0.25, -0.2) is 13.1 Å². The minimum absolute atomic E-state index is 0.149. The molecule has 1 atom stereocenters. The first-order valence-corrected chi connectivity index (χ1v) is 8.25. The van der Waals surface area contributed by atoms with E-state index in [1.54, 1.807) is 19.1 Å². The van der Waals surface area contributed by atoms with Crippen LogP contribution in [0.2, 0.25) is 0 Å². The van der Waals surface area contributed by atoms with Gasteiger partial charge in [-0.1, -0.05) is 19.9 Å². The van der Waals surface area contributed by atoms with Crippen molar-refractivity contribution in [1.82, 2.24) is 4.72 Å². The van der Waals surface area contributed by atoms with Crippen LogP contribution in [0.25, 0.3) is 0 Å². The highest BCUT2D eigenvalue weighted by Gasteiger charge is 2.17. The van der Waals surface area contributed by atoms with Crippen LogP contribution in [0.3, 0.4) is 0 Å². The molecule has 0 aliphatic rings. The average molecular weight is 313 g/mol. The topological polar surface area (TPSA) is 101 Å². The fraction of sp³-hybridized carbons (Fsp3) is 0.500. The van der Waals surface area contributed by atoms with E-state index in [4.69, 9.17) is 5.73 Å². The maximum atomic E-state index is 11.9. The summed E-state index contributed by atoms with van der Waals surface area (Å²) in [6.07, 6.45) is 0.194. The second-order valence-electron chi connectivity index (χ2n) is 5.35. The number of nitrogens with two attached hydrogens (primary N) is 1. The molecule has 21 heavy (non-hydrogen) atoms. The van der Waals surface area contributed by atoms with Gasteiger partial charge in [-0.15, -0.1) is 0 Å². The van der Waals surface area contributed by atoms with Crippen LogP contribution < -0.4 is 15.8 Å². The molecule has 0 fully saturated rings. The minimum Gasteiger partial charge on any atom is -0.327 e. The predicted molar refractivity (Wildman–Crippen MR) is 83.5 cm³/mol. The lowest BCUT2D eigenvalue weighted by atomic mass is 10.0. The maximum absolute atomic E-state index is 11.9. The molecule has 1 amide bonds. The smallest absolute Gasteiger partial charge is 0.240 e. The van der Waals surface area contributed by atoms with Gasteiger partial charge in [-0.3, -0.25) is 4.79 Å². The standard InChI is InChI=1S/C14H23N3O3S/c1-9(2)12(15)8-14(18)17-11-6-5-10(3)13(7-11)21(19,20)16-4/h5-7,9,12,16H,8,15H2,1-4H3,(H,17,18). The first-order chi connectivity index (χ1) is 9.67. The van der Waals surface area contributed by atoms with Gasteiger partial charge in [0.25, 0.3) is 0 Å². The predicted octanol–water partition coefficient (Wildman–Crippen LogP) is 1.22. The molecule has 0 heterocycles. The molecule has 0 saturated heterocycles. The lowest BCUT2D eigenvalue weighted by molar-refractivity contribution is -0.116. The Morgan fingerprint density at radius 1 is 1.33 bits per heavy atom. The number of nitrogens with one attached hydrogen (secondary N) is 2. The number of anilines is 1. The second kappa shape index (κ2) is 7.02. The van der Waals surface area contributed by atoms with Gasteiger partial charge < -0.3 is 11.1 Å². The van der Waals surface area contributed by atoms with E-state index >= 15 is 0 Å². The van der Waals surface area contributed by atoms with Crippen LogP contribution >= 0.6 is 0 Å². The average Bonchev–Trinajstić information content (AvgIpc) is 2.40. The molecule has 0 aliphatic carbocycles. The van der Waals surface area contributed by atoms with Gasteiger partial charge in [-0.05, 0) is 37.6 Å². The minimum atomic E-state index is -3.55. The van der Waals surface area contributed by atoms with Crippen LogP contribution in [0.15, 0.2) is 23.1 Å². The molecule has 1 aromatic carbocycles. The summed E-state index contributed by atoms with van der Waals surface area (Å²) in [6.45, 7) is 5.59. The highest BCUT2D eigenvalue weighted by atomic mass is 32.2. The molecule has 1 unspecified atom stereocenters. The van der Waals surface area contributed by atoms with E-state index in [0.717, 1.165) is 0 Å². The Morgan fingerprint density at radius 2 is 1.95 bits per heavy atom. The summed E-state index contributed by atoms with van der Waals surface area (Å²) >= 11 is 0. The summed E-state index contributed by atoms with van der Waals surface area (Å²) in [7, 11) is -2.20. The SMILES string of the molecule is CNS(=O)(=O)c1cc(NC(=O)CC(N)C(C)C)ccc1C. The third-order valence-corrected chi connectivity index (χ3v) is 4.86. The third kappa shape index (κ3) is 4.80. The lowest BCUT2D eigenvalue weighted by Gasteiger charge is -2.15. The van der Waals surface area contributed by atoms with E-state index in [2.05, 4.69) is 10.0 Å². The van der Waals surface area contributed by atoms with Crippen molar-refractivity contribution in [3.05, 3.63) is 23.8 Å². The lowest BCUT2D eigenvalue weighted by Crippen LogP contribution is -2.31. The number of benzene rings is 1. The monoisotopic (exact) mass is 313 g/mol. The summed E-state index contributed by atoms with van der Waals surface area (Å²) < 4.78 is 26.0. The van der Waals surface area contributed by atoms with Crippen molar-refractivity contribution in [2.24, 2.45) is 11.7 Å². The molecule has 0 spiro atoms. The normalized spacial score (nSPS) is 13.2. The van der Waals surface area contributed by atoms with E-state index in [0.29, 0.717) is 11.3 Å². The van der Waals surface area contributed by atoms with Gasteiger partial charge in [0.2, 0.25) is 15.9 Å². The quantitative estimate of drug-likeness (QED) is 0.735. The first-order valence-electron chi connectivity index (χ1n) is 6.77. The first kappa shape index (κ1) is 17.6. The maximum Gasteiger partial charge on any atom is 0.240 e. The number of aryl methyl sites for hydroxylation is 1. The molecule has 1 aromatic rings. The summed E-state index contributed by atoms with van der Waals surface area (Å²) in [4.78, 5) is 12.0. The van der Waals surface area contributed by atoms with Crippen molar-refractivity contribution in [2.75, 3.05) is 12.4 Å². The van der Waals surface area contributed by atoms with E-state index in [9.17, 15) is 13.2 Å². The summed E-state index contributed by atoms with van der Waals surface area (Å²) in [6, 6.07) is 4.54. The zero-order valence-electron chi connectivity index (χ0n) is 12.8. The fourth-order valence-electron chi connectivity index (χ4n) is 1.74. The van der Waals surface area contributed by atoms with Crippen LogP contribution in [0, 0.1) is 12.8 Å². The highest BCUT2D eigenvalue weighted by molar-refractivity contribution is 7.89. The molecule has 0 radical (unpaired) electrons. The number of rotatable bonds is 6. The number of hydrogen-bond acceptors (Lipinski definition) is 4. The highest BCUT2D eigenvalue weighted by Crippen LogP contribution is 2.20. The van der Waals surface area contributed by atoms with Gasteiger partial charge in [0, 0.05) is 18.2 Å². The molecule has 0 aromatic heterocycles. The van der Waals surface area contributed by atoms with Crippen molar-refractivity contribution >= 4 is 21.6 Å². The molecule has 7 heteroatoms. The molecule has 1 rings (SSSR count). The number of sulfonamides is 1. The van der Waals surface area contributed by atoms with Gasteiger partial charge in [0.1, 0.15) is 0 Å². The Kier molecular flexibility index (Phi) is 5.88. The van der Waals surface area contributed by atoms with E-state index < -0.39 is 10.0 Å². The molecule has 0 aliphatic heterocycles. The van der Waals surface area contributed by atoms with Gasteiger partial charge in [0.15, 0.2) is 0 Å². The Labute approximate surface area is 126 Å². The number of carbonyl (C=O) groups is 1. The van der Waals surface area contributed by atoms with Crippen molar-refractivity contribution < 1.29 is 13.2 Å². The van der Waals surface area contributed by atoms with Gasteiger partial charge in [0.05, 0.1) is 4.90 Å². The van der Waals surface area contributed by atoms with Gasteiger partial charge in [-0.2, -0.15) is 0 Å². The van der Waals surface area contributed by atoms with E-state index in [1.165, 1.54) is 13.1 Å². The van der Waals surface area contributed by atoms with Gasteiger partial charge >= 0.3 is 0 Å². The Hall–Kier alpha value is -1.44. The number of hydrogen-bond donors (Lipinski definition) is 3. The number of amides is 1. The van der Waals surface area contributed by atoms with Crippen LogP contribution in [-0.2, 0) is 14.8 Å². The molecular weight excluding hydrogens is 290 g/mol. The van der Waals surface area contributed by atoms with E-state index in [-0.39, 0.29) is 29.2 Å². The van der Waals surface area contributed by atoms with Crippen LogP contribution in [0.1, 0.15) is 25.8 Å². The Bertz CT molecular complexity index is 612. The van der Waals surface area contributed by atoms with E-state index in [1.807, 2.05) is 13.8 Å². The summed E-state index contributed by atoms with van der Waals surface area (Å²) in [5, 5.41) is 2.68. The van der Waals surface area contributed by atoms with Crippen LogP contribution in [-0.4, -0.2) is 27.4 Å².